The highest BCUT2D eigenvalue weighted by molar-refractivity contribution is 6.30. The topological polar surface area (TPSA) is 98.1 Å². The number of rotatable bonds is 4. The standard InChI is InChI=1S/C19H16ClN5O3/c1-28-14-4-2-3-13(9-14)21-18(27)15-10-16(26)22-19-23-17(24-25(15)19)11-5-7-12(20)8-6-11/h2-9,15H,10H2,1H3,(H,21,27)(H,22,23,24,26)/t15-/m0/s1. The summed E-state index contributed by atoms with van der Waals surface area (Å²) in [4.78, 5) is 29.2. The van der Waals surface area contributed by atoms with E-state index in [1.54, 1.807) is 55.6 Å². The van der Waals surface area contributed by atoms with Crippen LogP contribution in [0.3, 0.4) is 0 Å². The van der Waals surface area contributed by atoms with E-state index < -0.39 is 6.04 Å². The third-order valence-electron chi connectivity index (χ3n) is 4.30. The molecule has 2 N–H and O–H groups in total. The highest BCUT2D eigenvalue weighted by atomic mass is 35.5. The van der Waals surface area contributed by atoms with Gasteiger partial charge >= 0.3 is 0 Å². The number of amides is 2. The number of benzene rings is 2. The van der Waals surface area contributed by atoms with E-state index in [4.69, 9.17) is 16.3 Å². The summed E-state index contributed by atoms with van der Waals surface area (Å²) < 4.78 is 6.59. The van der Waals surface area contributed by atoms with Crippen molar-refractivity contribution in [3.8, 4) is 17.1 Å². The van der Waals surface area contributed by atoms with Gasteiger partial charge in [0.2, 0.25) is 17.8 Å². The van der Waals surface area contributed by atoms with Crippen molar-refractivity contribution in [1.29, 1.82) is 0 Å². The number of fused-ring (bicyclic) bond motifs is 1. The third kappa shape index (κ3) is 3.54. The van der Waals surface area contributed by atoms with Crippen LogP contribution in [0.1, 0.15) is 12.5 Å². The van der Waals surface area contributed by atoms with Gasteiger partial charge < -0.3 is 10.1 Å². The molecule has 1 aliphatic rings. The maximum atomic E-state index is 12.8. The van der Waals surface area contributed by atoms with Gasteiger partial charge in [0.1, 0.15) is 11.8 Å². The van der Waals surface area contributed by atoms with Crippen LogP contribution in [0.25, 0.3) is 11.4 Å². The minimum Gasteiger partial charge on any atom is -0.497 e. The molecular formula is C19H16ClN5O3. The van der Waals surface area contributed by atoms with Crippen LogP contribution in [-0.4, -0.2) is 33.7 Å². The number of ether oxygens (including phenoxy) is 1. The number of halogens is 1. The molecule has 8 nitrogen and oxygen atoms in total. The van der Waals surface area contributed by atoms with Gasteiger partial charge in [-0.2, -0.15) is 4.98 Å². The molecule has 142 valence electrons. The van der Waals surface area contributed by atoms with E-state index in [1.807, 2.05) is 0 Å². The van der Waals surface area contributed by atoms with E-state index in [9.17, 15) is 9.59 Å². The van der Waals surface area contributed by atoms with Gasteiger partial charge in [0.25, 0.3) is 0 Å². The molecule has 0 unspecified atom stereocenters. The number of nitrogens with zero attached hydrogens (tertiary/aromatic N) is 3. The molecule has 3 aromatic rings. The molecule has 0 bridgehead atoms. The number of nitrogens with one attached hydrogen (secondary N) is 2. The Kier molecular flexibility index (Phi) is 4.70. The van der Waals surface area contributed by atoms with Gasteiger partial charge in [-0.05, 0) is 36.4 Å². The highest BCUT2D eigenvalue weighted by Gasteiger charge is 2.33. The van der Waals surface area contributed by atoms with Gasteiger partial charge in [0.05, 0.1) is 13.5 Å². The third-order valence-corrected chi connectivity index (χ3v) is 4.55. The first-order valence-electron chi connectivity index (χ1n) is 8.51. The average molecular weight is 398 g/mol. The van der Waals surface area contributed by atoms with E-state index in [0.717, 1.165) is 5.56 Å². The van der Waals surface area contributed by atoms with E-state index in [2.05, 4.69) is 20.7 Å². The summed E-state index contributed by atoms with van der Waals surface area (Å²) in [5.74, 6) is 0.580. The lowest BCUT2D eigenvalue weighted by molar-refractivity contribution is -0.125. The Bertz CT molecular complexity index is 1050. The molecule has 0 saturated heterocycles. The molecule has 0 spiro atoms. The van der Waals surface area contributed by atoms with Gasteiger partial charge in [0.15, 0.2) is 5.82 Å². The summed E-state index contributed by atoms with van der Waals surface area (Å²) in [6.07, 6.45) is -0.0355. The molecule has 0 fully saturated rings. The number of anilines is 2. The Labute approximate surface area is 165 Å². The van der Waals surface area contributed by atoms with Gasteiger partial charge in [-0.3, -0.25) is 14.9 Å². The lowest BCUT2D eigenvalue weighted by Crippen LogP contribution is -2.36. The van der Waals surface area contributed by atoms with E-state index in [0.29, 0.717) is 22.3 Å². The second-order valence-corrected chi connectivity index (χ2v) is 6.64. The van der Waals surface area contributed by atoms with Crippen molar-refractivity contribution in [1.82, 2.24) is 14.8 Å². The molecule has 1 aliphatic heterocycles. The highest BCUT2D eigenvalue weighted by Crippen LogP contribution is 2.28. The largest absolute Gasteiger partial charge is 0.497 e. The van der Waals surface area contributed by atoms with Crippen molar-refractivity contribution in [3.63, 3.8) is 0 Å². The second-order valence-electron chi connectivity index (χ2n) is 6.20. The molecule has 28 heavy (non-hydrogen) atoms. The molecule has 1 aromatic heterocycles. The van der Waals surface area contributed by atoms with Gasteiger partial charge in [-0.15, -0.1) is 5.10 Å². The summed E-state index contributed by atoms with van der Waals surface area (Å²) in [6, 6.07) is 13.2. The maximum Gasteiger partial charge on any atom is 0.249 e. The predicted octanol–water partition coefficient (Wildman–Crippen LogP) is 3.13. The lowest BCUT2D eigenvalue weighted by Gasteiger charge is -2.22. The lowest BCUT2D eigenvalue weighted by atomic mass is 10.1. The molecule has 4 rings (SSSR count). The quantitative estimate of drug-likeness (QED) is 0.704. The van der Waals surface area contributed by atoms with E-state index in [-0.39, 0.29) is 24.2 Å². The molecule has 0 aliphatic carbocycles. The number of aromatic nitrogens is 3. The maximum absolute atomic E-state index is 12.8. The van der Waals surface area contributed by atoms with Crippen LogP contribution in [-0.2, 0) is 9.59 Å². The first-order valence-corrected chi connectivity index (χ1v) is 8.88. The van der Waals surface area contributed by atoms with Gasteiger partial charge in [-0.1, -0.05) is 17.7 Å². The first-order chi connectivity index (χ1) is 13.5. The van der Waals surface area contributed by atoms with Crippen molar-refractivity contribution < 1.29 is 14.3 Å². The molecule has 9 heteroatoms. The smallest absolute Gasteiger partial charge is 0.249 e. The van der Waals surface area contributed by atoms with Crippen LogP contribution < -0.4 is 15.4 Å². The fraction of sp³-hybridized carbons (Fsp3) is 0.158. The molecule has 2 heterocycles. The van der Waals surface area contributed by atoms with Crippen LogP contribution in [0.2, 0.25) is 5.02 Å². The summed E-state index contributed by atoms with van der Waals surface area (Å²) in [5, 5.41) is 10.5. The zero-order valence-electron chi connectivity index (χ0n) is 14.8. The van der Waals surface area contributed by atoms with Crippen molar-refractivity contribution in [2.24, 2.45) is 0 Å². The van der Waals surface area contributed by atoms with Crippen molar-refractivity contribution in [3.05, 3.63) is 53.6 Å². The van der Waals surface area contributed by atoms with Crippen molar-refractivity contribution in [2.75, 3.05) is 17.7 Å². The number of carbonyl (C=O) groups is 2. The fourth-order valence-corrected chi connectivity index (χ4v) is 3.04. The van der Waals surface area contributed by atoms with E-state index in [1.165, 1.54) is 4.68 Å². The molecule has 0 radical (unpaired) electrons. The first kappa shape index (κ1) is 18.0. The molecule has 1 atom stereocenters. The monoisotopic (exact) mass is 397 g/mol. The molecule has 0 saturated carbocycles. The number of hydrogen-bond acceptors (Lipinski definition) is 5. The Morgan fingerprint density at radius 2 is 2.07 bits per heavy atom. The summed E-state index contributed by atoms with van der Waals surface area (Å²) in [6.45, 7) is 0. The second kappa shape index (κ2) is 7.32. The van der Waals surface area contributed by atoms with Crippen LogP contribution >= 0.6 is 11.6 Å². The summed E-state index contributed by atoms with van der Waals surface area (Å²) >= 11 is 5.92. The van der Waals surface area contributed by atoms with E-state index >= 15 is 0 Å². The zero-order valence-corrected chi connectivity index (χ0v) is 15.6. The van der Waals surface area contributed by atoms with Crippen molar-refractivity contribution >= 4 is 35.1 Å². The normalized spacial score (nSPS) is 15.5. The van der Waals surface area contributed by atoms with Gasteiger partial charge in [-0.25, -0.2) is 4.68 Å². The minimum atomic E-state index is -0.816. The van der Waals surface area contributed by atoms with Gasteiger partial charge in [0, 0.05) is 22.3 Å². The summed E-state index contributed by atoms with van der Waals surface area (Å²) in [5.41, 5.74) is 1.29. The fourth-order valence-electron chi connectivity index (χ4n) is 2.92. The molecule has 2 aromatic carbocycles. The Morgan fingerprint density at radius 3 is 2.82 bits per heavy atom. The molecular weight excluding hydrogens is 382 g/mol. The Morgan fingerprint density at radius 1 is 1.29 bits per heavy atom. The minimum absolute atomic E-state index is 0.0355. The van der Waals surface area contributed by atoms with Crippen LogP contribution in [0.15, 0.2) is 48.5 Å². The number of carbonyl (C=O) groups excluding carboxylic acids is 2. The predicted molar refractivity (Wildman–Crippen MR) is 104 cm³/mol. The SMILES string of the molecule is COc1cccc(NC(=O)[C@@H]2CC(=O)Nc3nc(-c4ccc(Cl)cc4)nn32)c1. The summed E-state index contributed by atoms with van der Waals surface area (Å²) in [7, 11) is 1.55. The van der Waals surface area contributed by atoms with Crippen LogP contribution in [0.5, 0.6) is 5.75 Å². The molecule has 2 amide bonds. The van der Waals surface area contributed by atoms with Crippen LogP contribution in [0, 0.1) is 0 Å². The Hall–Kier alpha value is -3.39. The zero-order chi connectivity index (χ0) is 19.7. The van der Waals surface area contributed by atoms with Crippen molar-refractivity contribution in [2.45, 2.75) is 12.5 Å². The Balaban J connectivity index is 1.63. The number of methoxy groups -OCH3 is 1. The van der Waals surface area contributed by atoms with Crippen LogP contribution in [0.4, 0.5) is 11.6 Å². The number of hydrogen-bond donors (Lipinski definition) is 2. The average Bonchev–Trinajstić information content (AvgIpc) is 3.11.